The minimum absolute atomic E-state index is 0.00602. The number of phenolic OH excluding ortho intramolecular Hbond substituents is 1. The van der Waals surface area contributed by atoms with E-state index in [2.05, 4.69) is 9.88 Å². The van der Waals surface area contributed by atoms with Crippen LogP contribution in [-0.2, 0) is 10.0 Å². The van der Waals surface area contributed by atoms with Crippen LogP contribution >= 0.6 is 0 Å². The van der Waals surface area contributed by atoms with Gasteiger partial charge in [-0.05, 0) is 43.3 Å². The summed E-state index contributed by atoms with van der Waals surface area (Å²) in [6, 6.07) is 10.8. The van der Waals surface area contributed by atoms with E-state index < -0.39 is 21.8 Å². The molecule has 8 heteroatoms. The standard InChI is InChI=1S/C16H14N2O5S/c1-10(18-24(21,22)12-8-6-11(19)7-9-12)15(20)16-13-4-2-3-5-14(13)17-23-16/h2-10,18-19H,1H3/t10-/m0/s1. The van der Waals surface area contributed by atoms with Crippen LogP contribution in [0.25, 0.3) is 10.9 Å². The molecule has 7 nitrogen and oxygen atoms in total. The Morgan fingerprint density at radius 1 is 1.17 bits per heavy atom. The van der Waals surface area contributed by atoms with Gasteiger partial charge < -0.3 is 9.63 Å². The maximum absolute atomic E-state index is 12.5. The van der Waals surface area contributed by atoms with Crippen LogP contribution in [0, 0.1) is 0 Å². The molecule has 124 valence electrons. The van der Waals surface area contributed by atoms with E-state index in [4.69, 9.17) is 4.52 Å². The van der Waals surface area contributed by atoms with Crippen LogP contribution < -0.4 is 4.72 Å². The zero-order chi connectivity index (χ0) is 17.3. The predicted octanol–water partition coefficient (Wildman–Crippen LogP) is 2.08. The summed E-state index contributed by atoms with van der Waals surface area (Å²) in [6.45, 7) is 1.43. The van der Waals surface area contributed by atoms with Crippen molar-refractivity contribution in [1.82, 2.24) is 9.88 Å². The second-order valence-corrected chi connectivity index (χ2v) is 6.94. The highest BCUT2D eigenvalue weighted by Crippen LogP contribution is 2.20. The van der Waals surface area contributed by atoms with Crippen molar-refractivity contribution in [2.24, 2.45) is 0 Å². The SMILES string of the molecule is C[C@H](NS(=O)(=O)c1ccc(O)cc1)C(=O)c1onc2ccccc12. The number of nitrogens with one attached hydrogen (secondary N) is 1. The van der Waals surface area contributed by atoms with Gasteiger partial charge in [0.2, 0.25) is 21.6 Å². The number of carbonyl (C=O) groups is 1. The maximum Gasteiger partial charge on any atom is 0.241 e. The first-order valence-electron chi connectivity index (χ1n) is 7.08. The monoisotopic (exact) mass is 346 g/mol. The van der Waals surface area contributed by atoms with Gasteiger partial charge >= 0.3 is 0 Å². The number of nitrogens with zero attached hydrogens (tertiary/aromatic N) is 1. The molecule has 0 fully saturated rings. The van der Waals surface area contributed by atoms with E-state index in [-0.39, 0.29) is 16.4 Å². The van der Waals surface area contributed by atoms with Gasteiger partial charge in [0.05, 0.1) is 16.3 Å². The summed E-state index contributed by atoms with van der Waals surface area (Å²) in [5.41, 5.74) is 0.523. The molecule has 0 aliphatic carbocycles. The van der Waals surface area contributed by atoms with Crippen LogP contribution in [-0.4, -0.2) is 30.5 Å². The summed E-state index contributed by atoms with van der Waals surface area (Å²) >= 11 is 0. The number of carbonyl (C=O) groups excluding carboxylic acids is 1. The van der Waals surface area contributed by atoms with Gasteiger partial charge in [-0.2, -0.15) is 0 Å². The number of Topliss-reactive ketones (excluding diaryl/α,β-unsaturated/α-hetero) is 1. The molecular formula is C16H14N2O5S. The largest absolute Gasteiger partial charge is 0.508 e. The van der Waals surface area contributed by atoms with Crippen molar-refractivity contribution < 1.29 is 22.8 Å². The van der Waals surface area contributed by atoms with Gasteiger partial charge in [0.15, 0.2) is 0 Å². The average molecular weight is 346 g/mol. The molecule has 2 N–H and O–H groups in total. The molecule has 0 saturated carbocycles. The fourth-order valence-electron chi connectivity index (χ4n) is 2.24. The first kappa shape index (κ1) is 16.2. The molecule has 2 aromatic carbocycles. The van der Waals surface area contributed by atoms with E-state index in [0.29, 0.717) is 10.9 Å². The van der Waals surface area contributed by atoms with E-state index in [0.717, 1.165) is 0 Å². The Bertz CT molecular complexity index is 993. The van der Waals surface area contributed by atoms with Gasteiger partial charge in [0.25, 0.3) is 0 Å². The zero-order valence-electron chi connectivity index (χ0n) is 12.6. The summed E-state index contributed by atoms with van der Waals surface area (Å²) in [7, 11) is -3.91. The van der Waals surface area contributed by atoms with Crippen molar-refractivity contribution in [1.29, 1.82) is 0 Å². The molecule has 0 amide bonds. The number of hydrogen-bond donors (Lipinski definition) is 2. The molecule has 1 aromatic heterocycles. The van der Waals surface area contributed by atoms with E-state index in [1.165, 1.54) is 31.2 Å². The lowest BCUT2D eigenvalue weighted by molar-refractivity contribution is 0.0927. The van der Waals surface area contributed by atoms with Crippen LogP contribution in [0.15, 0.2) is 57.9 Å². The molecule has 0 spiro atoms. The summed E-state index contributed by atoms with van der Waals surface area (Å²) < 4.78 is 32.0. The number of benzene rings is 2. The Hall–Kier alpha value is -2.71. The zero-order valence-corrected chi connectivity index (χ0v) is 13.4. The maximum atomic E-state index is 12.5. The molecule has 0 bridgehead atoms. The first-order chi connectivity index (χ1) is 11.4. The fraction of sp³-hybridized carbons (Fsp3) is 0.125. The van der Waals surface area contributed by atoms with Crippen molar-refractivity contribution in [2.45, 2.75) is 17.9 Å². The molecule has 0 aliphatic rings. The van der Waals surface area contributed by atoms with Gasteiger partial charge in [-0.3, -0.25) is 4.79 Å². The van der Waals surface area contributed by atoms with Crippen LogP contribution in [0.5, 0.6) is 5.75 Å². The van der Waals surface area contributed by atoms with E-state index in [9.17, 15) is 18.3 Å². The topological polar surface area (TPSA) is 110 Å². The number of fused-ring (bicyclic) bond motifs is 1. The lowest BCUT2D eigenvalue weighted by Gasteiger charge is -2.12. The Morgan fingerprint density at radius 3 is 2.54 bits per heavy atom. The Balaban J connectivity index is 1.85. The molecule has 3 aromatic rings. The normalized spacial score (nSPS) is 13.0. The number of sulfonamides is 1. The summed E-state index contributed by atoms with van der Waals surface area (Å²) in [6.07, 6.45) is 0. The third-order valence-electron chi connectivity index (χ3n) is 3.48. The van der Waals surface area contributed by atoms with Crippen molar-refractivity contribution >= 4 is 26.7 Å². The molecule has 3 rings (SSSR count). The lowest BCUT2D eigenvalue weighted by atomic mass is 10.1. The van der Waals surface area contributed by atoms with Gasteiger partial charge in [-0.1, -0.05) is 17.3 Å². The highest BCUT2D eigenvalue weighted by molar-refractivity contribution is 7.89. The molecule has 0 unspecified atom stereocenters. The van der Waals surface area contributed by atoms with Gasteiger partial charge in [-0.25, -0.2) is 13.1 Å². The van der Waals surface area contributed by atoms with Crippen molar-refractivity contribution in [2.75, 3.05) is 0 Å². The Morgan fingerprint density at radius 2 is 1.83 bits per heavy atom. The minimum atomic E-state index is -3.91. The third-order valence-corrected chi connectivity index (χ3v) is 5.04. The van der Waals surface area contributed by atoms with Crippen LogP contribution in [0.4, 0.5) is 0 Å². The smallest absolute Gasteiger partial charge is 0.241 e. The van der Waals surface area contributed by atoms with Crippen molar-refractivity contribution in [3.63, 3.8) is 0 Å². The lowest BCUT2D eigenvalue weighted by Crippen LogP contribution is -2.38. The second kappa shape index (κ2) is 6.06. The quantitative estimate of drug-likeness (QED) is 0.685. The Labute approximate surface area is 137 Å². The molecule has 0 radical (unpaired) electrons. The van der Waals surface area contributed by atoms with Crippen molar-refractivity contribution in [3.05, 3.63) is 54.3 Å². The number of aromatic hydroxyl groups is 1. The molecule has 0 saturated heterocycles. The molecule has 1 heterocycles. The predicted molar refractivity (Wildman–Crippen MR) is 86.2 cm³/mol. The highest BCUT2D eigenvalue weighted by atomic mass is 32.2. The van der Waals surface area contributed by atoms with Crippen LogP contribution in [0.1, 0.15) is 17.5 Å². The van der Waals surface area contributed by atoms with Crippen molar-refractivity contribution in [3.8, 4) is 5.75 Å². The third kappa shape index (κ3) is 3.01. The van der Waals surface area contributed by atoms with Gasteiger partial charge in [-0.15, -0.1) is 0 Å². The highest BCUT2D eigenvalue weighted by Gasteiger charge is 2.27. The Kier molecular flexibility index (Phi) is 4.08. The molecule has 0 aliphatic heterocycles. The van der Waals surface area contributed by atoms with Gasteiger partial charge in [0.1, 0.15) is 11.3 Å². The number of rotatable bonds is 5. The second-order valence-electron chi connectivity index (χ2n) is 5.23. The van der Waals surface area contributed by atoms with E-state index in [1.54, 1.807) is 24.3 Å². The number of ketones is 1. The molecule has 1 atom stereocenters. The van der Waals surface area contributed by atoms with Crippen LogP contribution in [0.3, 0.4) is 0 Å². The first-order valence-corrected chi connectivity index (χ1v) is 8.57. The summed E-state index contributed by atoms with van der Waals surface area (Å²) in [5.74, 6) is -0.566. The molecular weight excluding hydrogens is 332 g/mol. The molecule has 24 heavy (non-hydrogen) atoms. The summed E-state index contributed by atoms with van der Waals surface area (Å²) in [4.78, 5) is 12.4. The number of phenols is 1. The number of aromatic nitrogens is 1. The fourth-order valence-corrected chi connectivity index (χ4v) is 3.45. The van der Waals surface area contributed by atoms with Gasteiger partial charge in [0, 0.05) is 0 Å². The number of hydrogen-bond acceptors (Lipinski definition) is 6. The van der Waals surface area contributed by atoms with E-state index >= 15 is 0 Å². The average Bonchev–Trinajstić information content (AvgIpc) is 2.98. The summed E-state index contributed by atoms with van der Waals surface area (Å²) in [5, 5.41) is 13.5. The van der Waals surface area contributed by atoms with Crippen LogP contribution in [0.2, 0.25) is 0 Å². The van der Waals surface area contributed by atoms with E-state index in [1.807, 2.05) is 0 Å². The minimum Gasteiger partial charge on any atom is -0.508 e.